The Kier molecular flexibility index (Phi) is 2.39. The topological polar surface area (TPSA) is 53.7 Å². The Morgan fingerprint density at radius 2 is 2.43 bits per heavy atom. The van der Waals surface area contributed by atoms with Gasteiger partial charge in [-0.3, -0.25) is 9.69 Å². The molecule has 4 heteroatoms. The maximum Gasteiger partial charge on any atom is 0.185 e. The average Bonchev–Trinajstić information content (AvgIpc) is 2.45. The summed E-state index contributed by atoms with van der Waals surface area (Å²) in [7, 11) is 0. The Morgan fingerprint density at radius 3 is 3.00 bits per heavy atom. The summed E-state index contributed by atoms with van der Waals surface area (Å²) in [5, 5.41) is 9.11. The van der Waals surface area contributed by atoms with Crippen LogP contribution in [0.15, 0.2) is 10.7 Å². The van der Waals surface area contributed by atoms with Crippen LogP contribution >= 0.6 is 0 Å². The SMILES string of the molecule is Cc1coc(C=O)c1CN1CC(O)C1. The van der Waals surface area contributed by atoms with Gasteiger partial charge in [-0.25, -0.2) is 0 Å². The van der Waals surface area contributed by atoms with E-state index in [1.807, 2.05) is 6.92 Å². The number of rotatable bonds is 3. The third-order valence-electron chi connectivity index (χ3n) is 2.56. The maximum absolute atomic E-state index is 10.6. The third-order valence-corrected chi connectivity index (χ3v) is 2.56. The van der Waals surface area contributed by atoms with E-state index in [1.165, 1.54) is 0 Å². The maximum atomic E-state index is 10.6. The van der Waals surface area contributed by atoms with E-state index in [2.05, 4.69) is 4.90 Å². The van der Waals surface area contributed by atoms with Crippen molar-refractivity contribution < 1.29 is 14.3 Å². The summed E-state index contributed by atoms with van der Waals surface area (Å²) < 4.78 is 5.08. The van der Waals surface area contributed by atoms with Crippen molar-refractivity contribution in [2.75, 3.05) is 13.1 Å². The first-order valence-corrected chi connectivity index (χ1v) is 4.63. The predicted octanol–water partition coefficient (Wildman–Crippen LogP) is 0.577. The van der Waals surface area contributed by atoms with Gasteiger partial charge in [0.2, 0.25) is 0 Å². The summed E-state index contributed by atoms with van der Waals surface area (Å²) >= 11 is 0. The number of carbonyl (C=O) groups excluding carboxylic acids is 1. The standard InChI is InChI=1S/C10H13NO3/c1-7-6-14-10(5-12)9(7)4-11-2-8(13)3-11/h5-6,8,13H,2-4H2,1H3. The van der Waals surface area contributed by atoms with E-state index in [4.69, 9.17) is 9.52 Å². The average molecular weight is 195 g/mol. The third kappa shape index (κ3) is 1.58. The second kappa shape index (κ2) is 3.55. The minimum Gasteiger partial charge on any atom is -0.461 e. The summed E-state index contributed by atoms with van der Waals surface area (Å²) in [5.41, 5.74) is 1.93. The zero-order valence-electron chi connectivity index (χ0n) is 8.06. The molecule has 1 aromatic rings. The lowest BCUT2D eigenvalue weighted by atomic mass is 10.1. The van der Waals surface area contributed by atoms with Crippen LogP contribution in [0.5, 0.6) is 0 Å². The van der Waals surface area contributed by atoms with Crippen molar-refractivity contribution in [3.63, 3.8) is 0 Å². The summed E-state index contributed by atoms with van der Waals surface area (Å²) in [4.78, 5) is 12.7. The number of aldehydes is 1. The van der Waals surface area contributed by atoms with Crippen molar-refractivity contribution >= 4 is 6.29 Å². The van der Waals surface area contributed by atoms with Gasteiger partial charge in [0.25, 0.3) is 0 Å². The van der Waals surface area contributed by atoms with E-state index in [9.17, 15) is 4.79 Å². The van der Waals surface area contributed by atoms with E-state index in [0.717, 1.165) is 17.4 Å². The van der Waals surface area contributed by atoms with Gasteiger partial charge in [-0.2, -0.15) is 0 Å². The quantitative estimate of drug-likeness (QED) is 0.717. The number of carbonyl (C=O) groups is 1. The van der Waals surface area contributed by atoms with Gasteiger partial charge in [0.15, 0.2) is 12.0 Å². The Morgan fingerprint density at radius 1 is 1.71 bits per heavy atom. The Labute approximate surface area is 82.1 Å². The van der Waals surface area contributed by atoms with E-state index >= 15 is 0 Å². The second-order valence-corrected chi connectivity index (χ2v) is 3.73. The second-order valence-electron chi connectivity index (χ2n) is 3.73. The predicted molar refractivity (Wildman–Crippen MR) is 50.1 cm³/mol. The van der Waals surface area contributed by atoms with E-state index in [0.29, 0.717) is 25.4 Å². The number of aliphatic hydroxyl groups is 1. The van der Waals surface area contributed by atoms with Crippen LogP contribution in [0.2, 0.25) is 0 Å². The number of furan rings is 1. The monoisotopic (exact) mass is 195 g/mol. The fraction of sp³-hybridized carbons (Fsp3) is 0.500. The number of hydrogen-bond donors (Lipinski definition) is 1. The van der Waals surface area contributed by atoms with Crippen molar-refractivity contribution in [2.24, 2.45) is 0 Å². The first-order chi connectivity index (χ1) is 6.70. The first kappa shape index (κ1) is 9.43. The zero-order chi connectivity index (χ0) is 10.1. The van der Waals surface area contributed by atoms with Gasteiger partial charge in [0, 0.05) is 25.2 Å². The molecule has 0 bridgehead atoms. The van der Waals surface area contributed by atoms with Crippen LogP contribution in [-0.2, 0) is 6.54 Å². The summed E-state index contributed by atoms with van der Waals surface area (Å²) in [5.74, 6) is 0.406. The molecule has 1 aromatic heterocycles. The van der Waals surface area contributed by atoms with Crippen molar-refractivity contribution in [1.82, 2.24) is 4.90 Å². The van der Waals surface area contributed by atoms with Crippen molar-refractivity contribution in [1.29, 1.82) is 0 Å². The van der Waals surface area contributed by atoms with Crippen LogP contribution < -0.4 is 0 Å². The van der Waals surface area contributed by atoms with Crippen molar-refractivity contribution in [2.45, 2.75) is 19.6 Å². The minimum atomic E-state index is -0.207. The summed E-state index contributed by atoms with van der Waals surface area (Å²) in [6.07, 6.45) is 2.12. The molecule has 0 aliphatic carbocycles. The Balaban J connectivity index is 2.07. The van der Waals surface area contributed by atoms with Crippen LogP contribution in [0, 0.1) is 6.92 Å². The minimum absolute atomic E-state index is 0.207. The molecule has 1 aliphatic heterocycles. The molecule has 0 unspecified atom stereocenters. The molecule has 4 nitrogen and oxygen atoms in total. The van der Waals surface area contributed by atoms with E-state index < -0.39 is 0 Å². The summed E-state index contributed by atoms with van der Waals surface area (Å²) in [6, 6.07) is 0. The highest BCUT2D eigenvalue weighted by Crippen LogP contribution is 2.20. The van der Waals surface area contributed by atoms with Crippen LogP contribution in [0.25, 0.3) is 0 Å². The van der Waals surface area contributed by atoms with E-state index in [-0.39, 0.29) is 6.10 Å². The lowest BCUT2D eigenvalue weighted by Gasteiger charge is -2.35. The number of β-amino-alcohol motifs (C(OH)–C–C–N with tert-alkyl or cyclic N) is 1. The van der Waals surface area contributed by atoms with Gasteiger partial charge in [-0.15, -0.1) is 0 Å². The lowest BCUT2D eigenvalue weighted by molar-refractivity contribution is -0.00313. The molecule has 2 heterocycles. The largest absolute Gasteiger partial charge is 0.461 e. The van der Waals surface area contributed by atoms with Gasteiger partial charge < -0.3 is 9.52 Å². The first-order valence-electron chi connectivity index (χ1n) is 4.63. The molecule has 0 atom stereocenters. The molecule has 1 N–H and O–H groups in total. The molecule has 1 aliphatic rings. The Bertz CT molecular complexity index is 339. The fourth-order valence-electron chi connectivity index (χ4n) is 1.69. The number of hydrogen-bond acceptors (Lipinski definition) is 4. The van der Waals surface area contributed by atoms with Crippen molar-refractivity contribution in [3.05, 3.63) is 23.2 Å². The molecule has 1 saturated heterocycles. The van der Waals surface area contributed by atoms with Crippen molar-refractivity contribution in [3.8, 4) is 0 Å². The van der Waals surface area contributed by atoms with Gasteiger partial charge in [-0.1, -0.05) is 0 Å². The van der Waals surface area contributed by atoms with Gasteiger partial charge >= 0.3 is 0 Å². The highest BCUT2D eigenvalue weighted by molar-refractivity contribution is 5.73. The molecule has 2 rings (SSSR count). The molecule has 0 saturated carbocycles. The molecule has 0 radical (unpaired) electrons. The molecule has 14 heavy (non-hydrogen) atoms. The van der Waals surface area contributed by atoms with Gasteiger partial charge in [-0.05, 0) is 12.5 Å². The smallest absolute Gasteiger partial charge is 0.185 e. The number of aliphatic hydroxyl groups excluding tert-OH is 1. The summed E-state index contributed by atoms with van der Waals surface area (Å²) in [6.45, 7) is 3.97. The highest BCUT2D eigenvalue weighted by atomic mass is 16.3. The molecular formula is C10H13NO3. The molecule has 0 amide bonds. The number of nitrogens with zero attached hydrogens (tertiary/aromatic N) is 1. The van der Waals surface area contributed by atoms with Crippen LogP contribution in [0.3, 0.4) is 0 Å². The highest BCUT2D eigenvalue weighted by Gasteiger charge is 2.26. The molecule has 76 valence electrons. The molecule has 0 spiro atoms. The number of aryl methyl sites for hydroxylation is 1. The normalized spacial score (nSPS) is 18.1. The van der Waals surface area contributed by atoms with E-state index in [1.54, 1.807) is 6.26 Å². The van der Waals surface area contributed by atoms with Gasteiger partial charge in [0.05, 0.1) is 12.4 Å². The number of likely N-dealkylation sites (tertiary alicyclic amines) is 1. The van der Waals surface area contributed by atoms with Crippen LogP contribution in [-0.4, -0.2) is 35.5 Å². The zero-order valence-corrected chi connectivity index (χ0v) is 8.06. The lowest BCUT2D eigenvalue weighted by Crippen LogP contribution is -2.49. The van der Waals surface area contributed by atoms with Gasteiger partial charge in [0.1, 0.15) is 0 Å². The molecule has 1 fully saturated rings. The fourth-order valence-corrected chi connectivity index (χ4v) is 1.69. The van der Waals surface area contributed by atoms with Crippen LogP contribution in [0.1, 0.15) is 21.7 Å². The Hall–Kier alpha value is -1.13. The molecule has 0 aromatic carbocycles. The van der Waals surface area contributed by atoms with Crippen LogP contribution in [0.4, 0.5) is 0 Å². The molecular weight excluding hydrogens is 182 g/mol.